The average Bonchev–Trinajstić information content (AvgIpc) is 1.86. The van der Waals surface area contributed by atoms with Gasteiger partial charge < -0.3 is 0 Å². The van der Waals surface area contributed by atoms with E-state index in [2.05, 4.69) is 0 Å². The second-order valence-corrected chi connectivity index (χ2v) is 4.30. The molecule has 0 aromatic heterocycles. The van der Waals surface area contributed by atoms with Crippen LogP contribution in [-0.2, 0) is 0 Å². The lowest BCUT2D eigenvalue weighted by Crippen LogP contribution is -2.76. The Morgan fingerprint density at radius 2 is 0.550 bits per heavy atom. The van der Waals surface area contributed by atoms with E-state index in [-0.39, 0.29) is 0 Å². The molecule has 0 atom stereocenters. The summed E-state index contributed by atoms with van der Waals surface area (Å²) in [5.74, 6) is 0. The van der Waals surface area contributed by atoms with Crippen molar-refractivity contribution in [1.82, 2.24) is 0 Å². The predicted molar refractivity (Wildman–Crippen MR) is 38.3 cm³/mol. The van der Waals surface area contributed by atoms with E-state index in [0.29, 0.717) is 0 Å². The lowest BCUT2D eigenvalue weighted by Gasteiger charge is -2.59. The number of hydrogen-bond donors (Lipinski definition) is 0. The van der Waals surface area contributed by atoms with Gasteiger partial charge in [0.15, 0.2) is 10.8 Å². The molecule has 1 saturated carbocycles. The van der Waals surface area contributed by atoms with Crippen LogP contribution in [0.15, 0.2) is 0 Å². The summed E-state index contributed by atoms with van der Waals surface area (Å²) < 4.78 is 150. The highest BCUT2D eigenvalue weighted by Gasteiger charge is 2.96. The third kappa shape index (κ3) is 1.71. The van der Waals surface area contributed by atoms with Crippen LogP contribution >= 0.6 is 0 Å². The standard InChI is InChI=1S/C8H4F12/c9-5(10,11)3(6(12,13)14)1-2-4(3,7(15,16)17)8(18,19)20/h1-2H2. The smallest absolute Gasteiger partial charge is 0.170 e. The van der Waals surface area contributed by atoms with Crippen LogP contribution in [0.5, 0.6) is 0 Å². The molecule has 12 heteroatoms. The molecule has 0 radical (unpaired) electrons. The van der Waals surface area contributed by atoms with Crippen LogP contribution in [-0.4, -0.2) is 24.7 Å². The minimum atomic E-state index is -6.74. The summed E-state index contributed by atoms with van der Waals surface area (Å²) in [6, 6.07) is 0. The van der Waals surface area contributed by atoms with E-state index < -0.39 is 48.4 Å². The van der Waals surface area contributed by atoms with Crippen LogP contribution in [0.1, 0.15) is 12.8 Å². The van der Waals surface area contributed by atoms with Crippen LogP contribution in [0.25, 0.3) is 0 Å². The van der Waals surface area contributed by atoms with Gasteiger partial charge in [0.2, 0.25) is 0 Å². The van der Waals surface area contributed by atoms with Gasteiger partial charge in [0.1, 0.15) is 0 Å². The van der Waals surface area contributed by atoms with Gasteiger partial charge in [-0.2, -0.15) is 52.7 Å². The maximum absolute atomic E-state index is 12.5. The van der Waals surface area contributed by atoms with E-state index >= 15 is 0 Å². The van der Waals surface area contributed by atoms with Crippen LogP contribution in [0.3, 0.4) is 0 Å². The molecular formula is C8H4F12. The van der Waals surface area contributed by atoms with E-state index in [4.69, 9.17) is 0 Å². The van der Waals surface area contributed by atoms with E-state index in [1.807, 2.05) is 0 Å². The summed E-state index contributed by atoms with van der Waals surface area (Å²) in [4.78, 5) is 0. The van der Waals surface area contributed by atoms with E-state index in [1.54, 1.807) is 0 Å². The summed E-state index contributed by atoms with van der Waals surface area (Å²) in [7, 11) is 0. The summed E-state index contributed by atoms with van der Waals surface area (Å²) in [5, 5.41) is 0. The first-order valence-corrected chi connectivity index (χ1v) is 4.72. The van der Waals surface area contributed by atoms with E-state index in [1.165, 1.54) is 0 Å². The summed E-state index contributed by atoms with van der Waals surface area (Å²) in [5.41, 5.74) is -11.7. The fourth-order valence-corrected chi connectivity index (χ4v) is 2.48. The third-order valence-electron chi connectivity index (χ3n) is 3.54. The molecule has 0 aliphatic heterocycles. The van der Waals surface area contributed by atoms with E-state index in [9.17, 15) is 52.7 Å². The number of alkyl halides is 12. The normalized spacial score (nSPS) is 23.4. The molecule has 1 fully saturated rings. The highest BCUT2D eigenvalue weighted by molar-refractivity contribution is 5.20. The van der Waals surface area contributed by atoms with Gasteiger partial charge >= 0.3 is 24.7 Å². The zero-order chi connectivity index (χ0) is 16.4. The molecule has 0 N–H and O–H groups in total. The minimum absolute atomic E-state index is 2.32. The van der Waals surface area contributed by atoms with Gasteiger partial charge in [0.25, 0.3) is 0 Å². The summed E-state index contributed by atoms with van der Waals surface area (Å²) >= 11 is 0. The molecule has 0 amide bonds. The number of halogens is 12. The van der Waals surface area contributed by atoms with Crippen LogP contribution in [0, 0.1) is 10.8 Å². The van der Waals surface area contributed by atoms with Gasteiger partial charge in [-0.15, -0.1) is 0 Å². The molecule has 0 aromatic carbocycles. The first-order chi connectivity index (χ1) is 8.46. The molecule has 0 aromatic rings. The van der Waals surface area contributed by atoms with Gasteiger partial charge in [0, 0.05) is 0 Å². The minimum Gasteiger partial charge on any atom is -0.170 e. The molecule has 0 heterocycles. The Bertz CT molecular complexity index is 310. The summed E-state index contributed by atoms with van der Waals surface area (Å²) in [6.07, 6.45) is -31.6. The Morgan fingerprint density at radius 1 is 0.400 bits per heavy atom. The molecule has 0 bridgehead atoms. The van der Waals surface area contributed by atoms with Crippen LogP contribution in [0.4, 0.5) is 52.7 Å². The predicted octanol–water partition coefficient (Wildman–Crippen LogP) is 5.00. The van der Waals surface area contributed by atoms with Crippen molar-refractivity contribution in [3.05, 3.63) is 0 Å². The summed E-state index contributed by atoms with van der Waals surface area (Å²) in [6.45, 7) is 0. The highest BCUT2D eigenvalue weighted by Crippen LogP contribution is 2.79. The van der Waals surface area contributed by atoms with Gasteiger partial charge in [-0.25, -0.2) is 0 Å². The van der Waals surface area contributed by atoms with Crippen molar-refractivity contribution in [2.45, 2.75) is 37.5 Å². The number of hydrogen-bond acceptors (Lipinski definition) is 0. The zero-order valence-electron chi connectivity index (χ0n) is 8.95. The molecular weight excluding hydrogens is 324 g/mol. The second kappa shape index (κ2) is 3.87. The van der Waals surface area contributed by atoms with Gasteiger partial charge in [-0.3, -0.25) is 0 Å². The van der Waals surface area contributed by atoms with Crippen molar-refractivity contribution in [1.29, 1.82) is 0 Å². The van der Waals surface area contributed by atoms with E-state index in [0.717, 1.165) is 0 Å². The molecule has 0 unspecified atom stereocenters. The lowest BCUT2D eigenvalue weighted by molar-refractivity contribution is -0.507. The Hall–Kier alpha value is -0.840. The number of rotatable bonds is 0. The van der Waals surface area contributed by atoms with Crippen molar-refractivity contribution in [2.75, 3.05) is 0 Å². The maximum atomic E-state index is 12.5. The molecule has 0 saturated heterocycles. The topological polar surface area (TPSA) is 0 Å². The van der Waals surface area contributed by atoms with Crippen molar-refractivity contribution in [2.24, 2.45) is 10.8 Å². The van der Waals surface area contributed by atoms with Gasteiger partial charge in [0.05, 0.1) is 0 Å². The first kappa shape index (κ1) is 17.2. The maximum Gasteiger partial charge on any atom is 0.404 e. The molecule has 1 aliphatic rings. The highest BCUT2D eigenvalue weighted by atomic mass is 19.4. The Morgan fingerprint density at radius 3 is 0.600 bits per heavy atom. The Kier molecular flexibility index (Phi) is 3.33. The van der Waals surface area contributed by atoms with Gasteiger partial charge in [-0.05, 0) is 12.8 Å². The zero-order valence-corrected chi connectivity index (χ0v) is 8.95. The fourth-order valence-electron chi connectivity index (χ4n) is 2.48. The molecule has 20 heavy (non-hydrogen) atoms. The van der Waals surface area contributed by atoms with Crippen LogP contribution in [0.2, 0.25) is 0 Å². The SMILES string of the molecule is FC(F)(F)C1(C(F)(F)F)CCC1(C(F)(F)F)C(F)(F)F. The fraction of sp³-hybridized carbons (Fsp3) is 1.00. The van der Waals surface area contributed by atoms with Crippen LogP contribution < -0.4 is 0 Å². The Labute approximate surface area is 102 Å². The third-order valence-corrected chi connectivity index (χ3v) is 3.54. The second-order valence-electron chi connectivity index (χ2n) is 4.30. The average molecular weight is 328 g/mol. The molecule has 1 aliphatic carbocycles. The first-order valence-electron chi connectivity index (χ1n) is 4.72. The molecule has 0 nitrogen and oxygen atoms in total. The lowest BCUT2D eigenvalue weighted by atomic mass is 9.47. The Balaban J connectivity index is 3.72. The molecule has 120 valence electrons. The van der Waals surface area contributed by atoms with Gasteiger partial charge in [-0.1, -0.05) is 0 Å². The van der Waals surface area contributed by atoms with Crippen molar-refractivity contribution in [3.63, 3.8) is 0 Å². The van der Waals surface area contributed by atoms with Crippen molar-refractivity contribution < 1.29 is 52.7 Å². The monoisotopic (exact) mass is 328 g/mol. The largest absolute Gasteiger partial charge is 0.404 e. The quantitative estimate of drug-likeness (QED) is 0.549. The van der Waals surface area contributed by atoms with Crippen molar-refractivity contribution in [3.8, 4) is 0 Å². The molecule has 0 spiro atoms. The molecule has 1 rings (SSSR count). The van der Waals surface area contributed by atoms with Crippen molar-refractivity contribution >= 4 is 0 Å².